The van der Waals surface area contributed by atoms with E-state index in [9.17, 15) is 14.0 Å². The fourth-order valence-electron chi connectivity index (χ4n) is 4.23. The van der Waals surface area contributed by atoms with Crippen LogP contribution in [0.25, 0.3) is 16.6 Å². The molecule has 0 unspecified atom stereocenters. The van der Waals surface area contributed by atoms with Crippen molar-refractivity contribution < 1.29 is 27.8 Å². The Hall–Kier alpha value is -5.25. The highest BCUT2D eigenvalue weighted by Gasteiger charge is 2.17. The minimum Gasteiger partial charge on any atom is -0.493 e. The minimum atomic E-state index is -0.740. The first kappa shape index (κ1) is 26.4. The molecule has 8 nitrogen and oxygen atoms in total. The lowest BCUT2D eigenvalue weighted by molar-refractivity contribution is 0.102. The summed E-state index contributed by atoms with van der Waals surface area (Å²) in [5, 5.41) is 3.12. The number of ether oxygens (including phenoxy) is 3. The Morgan fingerprint density at radius 1 is 0.850 bits per heavy atom. The summed E-state index contributed by atoms with van der Waals surface area (Å²) < 4.78 is 46.2. The van der Waals surface area contributed by atoms with Gasteiger partial charge in [-0.2, -0.15) is 0 Å². The maximum absolute atomic E-state index is 15.1. The standard InChI is InChI=1S/C30H23F2N3O5/c1-17-4-10-21(30(37)35(17)20-8-5-18(31)6-9-20)29(36)34-19-7-11-26(23(32)14-19)40-25-12-13-33-24-16-28(39-3)27(38-2)15-22(24)25/h4-16H,1-3H3,(H,34,36). The van der Waals surface area contributed by atoms with Crippen molar-refractivity contribution in [3.05, 3.63) is 112 Å². The fraction of sp³-hybridized carbons (Fsp3) is 0.100. The number of rotatable bonds is 7. The van der Waals surface area contributed by atoms with Gasteiger partial charge in [-0.3, -0.25) is 19.1 Å². The zero-order valence-electron chi connectivity index (χ0n) is 21.7. The Labute approximate surface area is 227 Å². The predicted octanol–water partition coefficient (Wildman–Crippen LogP) is 6.03. The fourth-order valence-corrected chi connectivity index (χ4v) is 4.23. The van der Waals surface area contributed by atoms with Gasteiger partial charge < -0.3 is 19.5 Å². The number of aryl methyl sites for hydroxylation is 1. The average molecular weight is 544 g/mol. The van der Waals surface area contributed by atoms with Gasteiger partial charge in [0.1, 0.15) is 17.1 Å². The van der Waals surface area contributed by atoms with Gasteiger partial charge in [0.15, 0.2) is 23.1 Å². The van der Waals surface area contributed by atoms with Gasteiger partial charge in [0.05, 0.1) is 19.7 Å². The molecule has 0 radical (unpaired) electrons. The molecule has 1 amide bonds. The zero-order valence-corrected chi connectivity index (χ0v) is 21.7. The number of carbonyl (C=O) groups is 1. The van der Waals surface area contributed by atoms with Gasteiger partial charge >= 0.3 is 0 Å². The van der Waals surface area contributed by atoms with E-state index in [-0.39, 0.29) is 17.0 Å². The molecule has 0 atom stereocenters. The number of benzene rings is 3. The van der Waals surface area contributed by atoms with Crippen LogP contribution < -0.4 is 25.1 Å². The molecule has 202 valence electrons. The van der Waals surface area contributed by atoms with E-state index in [1.54, 1.807) is 31.2 Å². The molecule has 2 heterocycles. The van der Waals surface area contributed by atoms with Crippen molar-refractivity contribution in [1.82, 2.24) is 9.55 Å². The van der Waals surface area contributed by atoms with Crippen molar-refractivity contribution >= 4 is 22.5 Å². The molecule has 0 bridgehead atoms. The van der Waals surface area contributed by atoms with E-state index in [2.05, 4.69) is 10.3 Å². The number of halogens is 2. The van der Waals surface area contributed by atoms with Crippen LogP contribution in [0.4, 0.5) is 14.5 Å². The molecule has 5 rings (SSSR count). The number of nitrogens with zero attached hydrogens (tertiary/aromatic N) is 2. The van der Waals surface area contributed by atoms with E-state index >= 15 is 4.39 Å². The van der Waals surface area contributed by atoms with Crippen LogP contribution in [0.2, 0.25) is 0 Å². The summed E-state index contributed by atoms with van der Waals surface area (Å²) in [6, 6.07) is 17.2. The maximum Gasteiger partial charge on any atom is 0.268 e. The molecule has 1 N–H and O–H groups in total. The van der Waals surface area contributed by atoms with Crippen LogP contribution in [0, 0.1) is 18.6 Å². The molecule has 40 heavy (non-hydrogen) atoms. The summed E-state index contributed by atoms with van der Waals surface area (Å²) in [4.78, 5) is 30.4. The molecule has 0 saturated carbocycles. The highest BCUT2D eigenvalue weighted by atomic mass is 19.1. The number of hydrogen-bond donors (Lipinski definition) is 1. The summed E-state index contributed by atoms with van der Waals surface area (Å²) in [5.74, 6) is -0.720. The molecule has 0 saturated heterocycles. The van der Waals surface area contributed by atoms with E-state index in [0.717, 1.165) is 6.07 Å². The first-order valence-corrected chi connectivity index (χ1v) is 12.1. The SMILES string of the molecule is COc1cc2nccc(Oc3ccc(NC(=O)c4ccc(C)n(-c5ccc(F)cc5)c4=O)cc3F)c2cc1OC. The number of carbonyl (C=O) groups excluding carboxylic acids is 1. The van der Waals surface area contributed by atoms with E-state index in [1.165, 1.54) is 67.4 Å². The molecule has 0 aliphatic carbocycles. The molecule has 2 aromatic heterocycles. The quantitative estimate of drug-likeness (QED) is 0.269. The molecular formula is C30H23F2N3O5. The summed E-state index contributed by atoms with van der Waals surface area (Å²) in [5.41, 5.74) is 0.883. The number of pyridine rings is 2. The molecule has 0 spiro atoms. The highest BCUT2D eigenvalue weighted by Crippen LogP contribution is 2.37. The predicted molar refractivity (Wildman–Crippen MR) is 146 cm³/mol. The van der Waals surface area contributed by atoms with Gasteiger partial charge in [-0.1, -0.05) is 0 Å². The summed E-state index contributed by atoms with van der Waals surface area (Å²) in [6.07, 6.45) is 1.52. The number of methoxy groups -OCH3 is 2. The van der Waals surface area contributed by atoms with Gasteiger partial charge in [-0.25, -0.2) is 8.78 Å². The van der Waals surface area contributed by atoms with E-state index in [1.807, 2.05) is 0 Å². The third-order valence-electron chi connectivity index (χ3n) is 6.22. The number of amides is 1. The van der Waals surface area contributed by atoms with Crippen molar-refractivity contribution in [2.75, 3.05) is 19.5 Å². The third kappa shape index (κ3) is 5.06. The minimum absolute atomic E-state index is 0.0886. The van der Waals surface area contributed by atoms with Crippen LogP contribution in [0.5, 0.6) is 23.0 Å². The molecular weight excluding hydrogens is 520 g/mol. The normalized spacial score (nSPS) is 10.8. The lowest BCUT2D eigenvalue weighted by Crippen LogP contribution is -2.29. The van der Waals surface area contributed by atoms with Crippen molar-refractivity contribution in [2.24, 2.45) is 0 Å². The maximum atomic E-state index is 15.1. The monoisotopic (exact) mass is 543 g/mol. The van der Waals surface area contributed by atoms with Gasteiger partial charge in [-0.05, 0) is 67.6 Å². The zero-order chi connectivity index (χ0) is 28.4. The molecule has 10 heteroatoms. The Morgan fingerprint density at radius 2 is 1.57 bits per heavy atom. The van der Waals surface area contributed by atoms with Crippen LogP contribution in [0.15, 0.2) is 83.8 Å². The number of aromatic nitrogens is 2. The number of anilines is 1. The van der Waals surface area contributed by atoms with E-state index in [0.29, 0.717) is 39.5 Å². The van der Waals surface area contributed by atoms with Crippen molar-refractivity contribution in [3.8, 4) is 28.7 Å². The van der Waals surface area contributed by atoms with Gasteiger partial charge in [-0.15, -0.1) is 0 Å². The second-order valence-corrected chi connectivity index (χ2v) is 8.74. The van der Waals surface area contributed by atoms with Crippen LogP contribution in [0.1, 0.15) is 16.1 Å². The van der Waals surface area contributed by atoms with Crippen LogP contribution in [-0.2, 0) is 0 Å². The molecule has 0 aliphatic heterocycles. The topological polar surface area (TPSA) is 91.7 Å². The lowest BCUT2D eigenvalue weighted by atomic mass is 10.1. The first-order valence-electron chi connectivity index (χ1n) is 12.1. The van der Waals surface area contributed by atoms with Crippen LogP contribution >= 0.6 is 0 Å². The average Bonchev–Trinajstić information content (AvgIpc) is 2.94. The largest absolute Gasteiger partial charge is 0.493 e. The smallest absolute Gasteiger partial charge is 0.268 e. The number of nitrogens with one attached hydrogen (secondary N) is 1. The molecule has 3 aromatic carbocycles. The van der Waals surface area contributed by atoms with Crippen molar-refractivity contribution in [3.63, 3.8) is 0 Å². The first-order chi connectivity index (χ1) is 19.3. The number of fused-ring (bicyclic) bond motifs is 1. The Morgan fingerprint density at radius 3 is 2.27 bits per heavy atom. The van der Waals surface area contributed by atoms with Crippen LogP contribution in [-0.4, -0.2) is 29.7 Å². The second-order valence-electron chi connectivity index (χ2n) is 8.74. The summed E-state index contributed by atoms with van der Waals surface area (Å²) >= 11 is 0. The van der Waals surface area contributed by atoms with Crippen molar-refractivity contribution in [1.29, 1.82) is 0 Å². The Kier molecular flexibility index (Phi) is 7.15. The molecule has 5 aromatic rings. The van der Waals surface area contributed by atoms with E-state index < -0.39 is 23.1 Å². The third-order valence-corrected chi connectivity index (χ3v) is 6.22. The van der Waals surface area contributed by atoms with Gasteiger partial charge in [0.25, 0.3) is 11.5 Å². The molecule has 0 fully saturated rings. The van der Waals surface area contributed by atoms with Gasteiger partial charge in [0.2, 0.25) is 0 Å². The second kappa shape index (κ2) is 10.9. The van der Waals surface area contributed by atoms with Gasteiger partial charge in [0, 0.05) is 40.8 Å². The summed E-state index contributed by atoms with van der Waals surface area (Å²) in [7, 11) is 3.02. The highest BCUT2D eigenvalue weighted by molar-refractivity contribution is 6.04. The number of hydrogen-bond acceptors (Lipinski definition) is 6. The Bertz CT molecular complexity index is 1800. The summed E-state index contributed by atoms with van der Waals surface area (Å²) in [6.45, 7) is 1.69. The van der Waals surface area contributed by atoms with E-state index in [4.69, 9.17) is 14.2 Å². The Balaban J connectivity index is 1.40. The lowest BCUT2D eigenvalue weighted by Gasteiger charge is -2.14. The molecule has 0 aliphatic rings. The van der Waals surface area contributed by atoms with Crippen molar-refractivity contribution in [2.45, 2.75) is 6.92 Å². The van der Waals surface area contributed by atoms with Crippen LogP contribution in [0.3, 0.4) is 0 Å².